The fraction of sp³-hybridized carbons (Fsp3) is 0.417. The van der Waals surface area contributed by atoms with Crippen molar-refractivity contribution < 1.29 is 17.5 Å². The van der Waals surface area contributed by atoms with Gasteiger partial charge in [-0.25, -0.2) is 17.8 Å². The average Bonchev–Trinajstić information content (AvgIpc) is 2.86. The monoisotopic (exact) mass is 500 g/mol. The van der Waals surface area contributed by atoms with Gasteiger partial charge in [0, 0.05) is 44.8 Å². The Kier molecular flexibility index (Phi) is 6.47. The Balaban J connectivity index is 1.51. The number of fused-ring (bicyclic) bond motifs is 1. The summed E-state index contributed by atoms with van der Waals surface area (Å²) in [6, 6.07) is 6.88. The number of ether oxygens (including phenoxy) is 1. The standard InChI is InChI=1S/C24H29FN6O3S/c1-17-23(27-18-14-19(16-26-15-18)29-10-12-34-13-11-29)22-20(25)4-3-5-21(22)28-24(17)30-6-8-31(9-7-30)35(2,32)33/h3-5,14-16H,6-13H2,1-2H3,(H,27,28). The van der Waals surface area contributed by atoms with Crippen molar-refractivity contribution >= 4 is 43.8 Å². The summed E-state index contributed by atoms with van der Waals surface area (Å²) in [6.45, 7) is 6.63. The third-order valence-corrected chi connectivity index (χ3v) is 7.86. The first-order valence-electron chi connectivity index (χ1n) is 11.6. The molecule has 186 valence electrons. The number of nitrogens with zero attached hydrogens (tertiary/aromatic N) is 5. The molecule has 4 heterocycles. The molecular formula is C24H29FN6O3S. The number of morpholine rings is 1. The van der Waals surface area contributed by atoms with E-state index in [2.05, 4.69) is 20.1 Å². The van der Waals surface area contributed by atoms with Crippen LogP contribution in [0.15, 0.2) is 36.7 Å². The summed E-state index contributed by atoms with van der Waals surface area (Å²) in [5.74, 6) is 0.363. The van der Waals surface area contributed by atoms with Crippen molar-refractivity contribution in [1.29, 1.82) is 0 Å². The minimum absolute atomic E-state index is 0.355. The fourth-order valence-electron chi connectivity index (χ4n) is 4.68. The highest BCUT2D eigenvalue weighted by Crippen LogP contribution is 2.37. The maximum Gasteiger partial charge on any atom is 0.211 e. The maximum absolute atomic E-state index is 15.1. The lowest BCUT2D eigenvalue weighted by Gasteiger charge is -2.35. The summed E-state index contributed by atoms with van der Waals surface area (Å²) in [4.78, 5) is 13.5. The van der Waals surface area contributed by atoms with Crippen LogP contribution in [0, 0.1) is 12.7 Å². The topological polar surface area (TPSA) is 90.9 Å². The van der Waals surface area contributed by atoms with E-state index in [4.69, 9.17) is 9.72 Å². The zero-order valence-electron chi connectivity index (χ0n) is 19.9. The van der Waals surface area contributed by atoms with Crippen LogP contribution in [0.1, 0.15) is 5.56 Å². The van der Waals surface area contributed by atoms with Gasteiger partial charge in [-0.2, -0.15) is 4.31 Å². The Labute approximate surface area is 204 Å². The van der Waals surface area contributed by atoms with Crippen molar-refractivity contribution in [2.24, 2.45) is 0 Å². The van der Waals surface area contributed by atoms with Crippen LogP contribution in [0.25, 0.3) is 10.9 Å². The molecule has 0 unspecified atom stereocenters. The Morgan fingerprint density at radius 1 is 1.03 bits per heavy atom. The predicted octanol–water partition coefficient (Wildman–Crippen LogP) is 2.74. The minimum atomic E-state index is -3.24. The van der Waals surface area contributed by atoms with E-state index < -0.39 is 10.0 Å². The molecule has 1 aromatic carbocycles. The van der Waals surface area contributed by atoms with Crippen molar-refractivity contribution in [3.8, 4) is 0 Å². The number of aromatic nitrogens is 2. The van der Waals surface area contributed by atoms with Crippen LogP contribution in [-0.2, 0) is 14.8 Å². The van der Waals surface area contributed by atoms with E-state index in [0.717, 1.165) is 35.8 Å². The van der Waals surface area contributed by atoms with Crippen molar-refractivity contribution in [3.05, 3.63) is 48.0 Å². The summed E-state index contributed by atoms with van der Waals surface area (Å²) in [5, 5.41) is 3.83. The predicted molar refractivity (Wildman–Crippen MR) is 136 cm³/mol. The molecule has 0 atom stereocenters. The number of halogens is 1. The molecule has 0 amide bonds. The molecule has 0 radical (unpaired) electrons. The molecular weight excluding hydrogens is 471 g/mol. The van der Waals surface area contributed by atoms with E-state index in [0.29, 0.717) is 56.0 Å². The molecule has 5 rings (SSSR count). The summed E-state index contributed by atoms with van der Waals surface area (Å²) in [6.07, 6.45) is 4.77. The molecule has 2 aliphatic rings. The van der Waals surface area contributed by atoms with Gasteiger partial charge in [-0.05, 0) is 25.1 Å². The summed E-state index contributed by atoms with van der Waals surface area (Å²) in [5.41, 5.74) is 3.70. The van der Waals surface area contributed by atoms with Crippen molar-refractivity contribution in [3.63, 3.8) is 0 Å². The first kappa shape index (κ1) is 23.7. The lowest BCUT2D eigenvalue weighted by atomic mass is 10.1. The quantitative estimate of drug-likeness (QED) is 0.572. The first-order chi connectivity index (χ1) is 16.8. The Hall–Kier alpha value is -3.02. The summed E-state index contributed by atoms with van der Waals surface area (Å²) < 4.78 is 45.8. The molecule has 11 heteroatoms. The van der Waals surface area contributed by atoms with Gasteiger partial charge in [0.15, 0.2) is 0 Å². The molecule has 0 saturated carbocycles. The molecule has 3 aromatic rings. The number of sulfonamides is 1. The summed E-state index contributed by atoms with van der Waals surface area (Å²) in [7, 11) is -3.24. The Morgan fingerprint density at radius 2 is 1.77 bits per heavy atom. The van der Waals surface area contributed by atoms with Gasteiger partial charge in [0.2, 0.25) is 10.0 Å². The van der Waals surface area contributed by atoms with E-state index in [-0.39, 0.29) is 5.82 Å². The molecule has 1 N–H and O–H groups in total. The Morgan fingerprint density at radius 3 is 2.49 bits per heavy atom. The smallest absolute Gasteiger partial charge is 0.211 e. The van der Waals surface area contributed by atoms with Gasteiger partial charge in [-0.1, -0.05) is 6.07 Å². The third-order valence-electron chi connectivity index (χ3n) is 6.55. The highest BCUT2D eigenvalue weighted by molar-refractivity contribution is 7.88. The molecule has 0 spiro atoms. The van der Waals surface area contributed by atoms with Crippen LogP contribution in [0.3, 0.4) is 0 Å². The van der Waals surface area contributed by atoms with Crippen LogP contribution in [0.2, 0.25) is 0 Å². The Bertz CT molecular complexity index is 1340. The molecule has 2 fully saturated rings. The van der Waals surface area contributed by atoms with Crippen LogP contribution < -0.4 is 15.1 Å². The van der Waals surface area contributed by atoms with Crippen LogP contribution in [0.4, 0.5) is 27.3 Å². The lowest BCUT2D eigenvalue weighted by Crippen LogP contribution is -2.48. The van der Waals surface area contributed by atoms with Gasteiger partial charge < -0.3 is 19.9 Å². The number of anilines is 4. The molecule has 35 heavy (non-hydrogen) atoms. The van der Waals surface area contributed by atoms with Crippen LogP contribution in [-0.4, -0.2) is 81.4 Å². The van der Waals surface area contributed by atoms with Gasteiger partial charge in [0.05, 0.1) is 59.8 Å². The summed E-state index contributed by atoms with van der Waals surface area (Å²) >= 11 is 0. The number of benzene rings is 1. The third kappa shape index (κ3) is 4.89. The number of rotatable bonds is 5. The van der Waals surface area contributed by atoms with Crippen molar-refractivity contribution in [2.45, 2.75) is 6.92 Å². The molecule has 2 aromatic heterocycles. The largest absolute Gasteiger partial charge is 0.378 e. The molecule has 9 nitrogen and oxygen atoms in total. The maximum atomic E-state index is 15.1. The second-order valence-electron chi connectivity index (χ2n) is 8.87. The molecule has 0 aliphatic carbocycles. The number of nitrogens with one attached hydrogen (secondary N) is 1. The van der Waals surface area contributed by atoms with Gasteiger partial charge in [-0.3, -0.25) is 4.98 Å². The normalized spacial score (nSPS) is 17.7. The van der Waals surface area contributed by atoms with E-state index in [1.807, 2.05) is 19.2 Å². The number of hydrogen-bond donors (Lipinski definition) is 1. The first-order valence-corrected chi connectivity index (χ1v) is 13.5. The van der Waals surface area contributed by atoms with Crippen molar-refractivity contribution in [1.82, 2.24) is 14.3 Å². The molecule has 0 bridgehead atoms. The second kappa shape index (κ2) is 9.56. The van der Waals surface area contributed by atoms with E-state index in [9.17, 15) is 8.42 Å². The second-order valence-corrected chi connectivity index (χ2v) is 10.9. The average molecular weight is 501 g/mol. The highest BCUT2D eigenvalue weighted by Gasteiger charge is 2.26. The van der Waals surface area contributed by atoms with Gasteiger partial charge >= 0.3 is 0 Å². The van der Waals surface area contributed by atoms with Crippen LogP contribution in [0.5, 0.6) is 0 Å². The van der Waals surface area contributed by atoms with Gasteiger partial charge in [0.1, 0.15) is 11.6 Å². The van der Waals surface area contributed by atoms with E-state index >= 15 is 4.39 Å². The van der Waals surface area contributed by atoms with Gasteiger partial charge in [-0.15, -0.1) is 0 Å². The fourth-order valence-corrected chi connectivity index (χ4v) is 5.51. The van der Waals surface area contributed by atoms with Gasteiger partial charge in [0.25, 0.3) is 0 Å². The zero-order chi connectivity index (χ0) is 24.6. The number of hydrogen-bond acceptors (Lipinski definition) is 8. The lowest BCUT2D eigenvalue weighted by molar-refractivity contribution is 0.122. The van der Waals surface area contributed by atoms with E-state index in [1.54, 1.807) is 18.3 Å². The van der Waals surface area contributed by atoms with Crippen molar-refractivity contribution in [2.75, 3.05) is 73.9 Å². The number of piperazine rings is 1. The minimum Gasteiger partial charge on any atom is -0.378 e. The van der Waals surface area contributed by atoms with Crippen LogP contribution >= 0.6 is 0 Å². The van der Waals surface area contributed by atoms with E-state index in [1.165, 1.54) is 16.6 Å². The zero-order valence-corrected chi connectivity index (χ0v) is 20.7. The highest BCUT2D eigenvalue weighted by atomic mass is 32.2. The SMILES string of the molecule is Cc1c(N2CCN(S(C)(=O)=O)CC2)nc2cccc(F)c2c1Nc1cncc(N2CCOCC2)c1. The molecule has 2 saturated heterocycles. The number of pyridine rings is 2. The molecule has 2 aliphatic heterocycles.